The Hall–Kier alpha value is -1.49. The normalized spacial score (nSPS) is 24.6. The first-order chi connectivity index (χ1) is 8.16. The molecule has 0 amide bonds. The van der Waals surface area contributed by atoms with E-state index in [1.165, 1.54) is 0 Å². The predicted octanol–water partition coefficient (Wildman–Crippen LogP) is 1.21. The van der Waals surface area contributed by atoms with Crippen molar-refractivity contribution in [2.24, 2.45) is 0 Å². The van der Waals surface area contributed by atoms with Crippen LogP contribution in [0.2, 0.25) is 0 Å². The Morgan fingerprint density at radius 1 is 1.35 bits per heavy atom. The lowest BCUT2D eigenvalue weighted by molar-refractivity contribution is 0.561. The van der Waals surface area contributed by atoms with E-state index in [2.05, 4.69) is 44.8 Å². The van der Waals surface area contributed by atoms with Crippen LogP contribution in [0.3, 0.4) is 0 Å². The number of nitrogens with zero attached hydrogens (tertiary/aromatic N) is 4. The van der Waals surface area contributed by atoms with Gasteiger partial charge in [-0.25, -0.2) is 4.98 Å². The van der Waals surface area contributed by atoms with Crippen LogP contribution in [0.5, 0.6) is 0 Å². The molecule has 0 aromatic carbocycles. The molecule has 1 saturated heterocycles. The van der Waals surface area contributed by atoms with Gasteiger partial charge in [0.15, 0.2) is 0 Å². The van der Waals surface area contributed by atoms with Crippen LogP contribution in [-0.4, -0.2) is 32.2 Å². The van der Waals surface area contributed by atoms with Crippen molar-refractivity contribution in [2.45, 2.75) is 39.2 Å². The molecule has 0 saturated carbocycles. The molecule has 0 spiro atoms. The van der Waals surface area contributed by atoms with Gasteiger partial charge in [0.25, 0.3) is 5.78 Å². The van der Waals surface area contributed by atoms with Gasteiger partial charge in [-0.1, -0.05) is 0 Å². The summed E-state index contributed by atoms with van der Waals surface area (Å²) in [4.78, 5) is 4.42. The number of rotatable bonds is 1. The predicted molar refractivity (Wildman–Crippen MR) is 65.1 cm³/mol. The SMILES string of the molecule is Cc1cc(C)n2c(C3CCNC3C)nnc2n1. The van der Waals surface area contributed by atoms with E-state index in [0.717, 1.165) is 36.0 Å². The van der Waals surface area contributed by atoms with E-state index < -0.39 is 0 Å². The molecule has 2 aromatic rings. The summed E-state index contributed by atoms with van der Waals surface area (Å²) in [5.41, 5.74) is 2.15. The Morgan fingerprint density at radius 3 is 2.88 bits per heavy atom. The van der Waals surface area contributed by atoms with Gasteiger partial charge in [-0.2, -0.15) is 0 Å². The zero-order valence-electron chi connectivity index (χ0n) is 10.4. The minimum Gasteiger partial charge on any atom is -0.314 e. The number of nitrogens with one attached hydrogen (secondary N) is 1. The van der Waals surface area contributed by atoms with Crippen LogP contribution >= 0.6 is 0 Å². The lowest BCUT2D eigenvalue weighted by Gasteiger charge is -2.14. The van der Waals surface area contributed by atoms with Gasteiger partial charge in [-0.15, -0.1) is 10.2 Å². The third kappa shape index (κ3) is 1.61. The van der Waals surface area contributed by atoms with Gasteiger partial charge < -0.3 is 5.32 Å². The molecule has 5 nitrogen and oxygen atoms in total. The van der Waals surface area contributed by atoms with E-state index in [4.69, 9.17) is 0 Å². The van der Waals surface area contributed by atoms with E-state index >= 15 is 0 Å². The van der Waals surface area contributed by atoms with Crippen LogP contribution in [0.25, 0.3) is 5.78 Å². The maximum Gasteiger partial charge on any atom is 0.255 e. The number of aryl methyl sites for hydroxylation is 2. The Balaban J connectivity index is 2.17. The molecule has 5 heteroatoms. The van der Waals surface area contributed by atoms with E-state index in [1.54, 1.807) is 0 Å². The van der Waals surface area contributed by atoms with Crippen molar-refractivity contribution in [1.29, 1.82) is 0 Å². The molecule has 0 bridgehead atoms. The molecule has 90 valence electrons. The third-order valence-electron chi connectivity index (χ3n) is 3.57. The topological polar surface area (TPSA) is 55.1 Å². The second kappa shape index (κ2) is 3.77. The fourth-order valence-corrected chi connectivity index (χ4v) is 2.71. The molecular formula is C12H17N5. The van der Waals surface area contributed by atoms with Gasteiger partial charge in [0.05, 0.1) is 0 Å². The van der Waals surface area contributed by atoms with Crippen molar-refractivity contribution in [3.05, 3.63) is 23.3 Å². The van der Waals surface area contributed by atoms with Gasteiger partial charge in [0.2, 0.25) is 0 Å². The zero-order valence-corrected chi connectivity index (χ0v) is 10.4. The Labute approximate surface area is 100 Å². The van der Waals surface area contributed by atoms with Gasteiger partial charge in [-0.05, 0) is 39.8 Å². The van der Waals surface area contributed by atoms with Crippen molar-refractivity contribution in [2.75, 3.05) is 6.54 Å². The lowest BCUT2D eigenvalue weighted by atomic mass is 10.0. The van der Waals surface area contributed by atoms with Crippen molar-refractivity contribution < 1.29 is 0 Å². The van der Waals surface area contributed by atoms with E-state index in [1.807, 2.05) is 6.92 Å². The maximum atomic E-state index is 4.42. The van der Waals surface area contributed by atoms with Gasteiger partial charge in [0, 0.05) is 23.3 Å². The largest absolute Gasteiger partial charge is 0.314 e. The average Bonchev–Trinajstić information content (AvgIpc) is 2.83. The maximum absolute atomic E-state index is 4.42. The molecule has 2 unspecified atom stereocenters. The molecule has 2 atom stereocenters. The third-order valence-corrected chi connectivity index (χ3v) is 3.57. The highest BCUT2D eigenvalue weighted by Gasteiger charge is 2.29. The summed E-state index contributed by atoms with van der Waals surface area (Å²) in [5.74, 6) is 2.20. The number of hydrogen-bond donors (Lipinski definition) is 1. The van der Waals surface area contributed by atoms with Crippen LogP contribution in [0.1, 0.15) is 36.5 Å². The standard InChI is InChI=1S/C12H17N5/c1-7-6-8(2)17-11(15-16-12(17)14-7)10-4-5-13-9(10)3/h6,9-10,13H,4-5H2,1-3H3. The second-order valence-corrected chi connectivity index (χ2v) is 4.87. The first-order valence-electron chi connectivity index (χ1n) is 6.09. The second-order valence-electron chi connectivity index (χ2n) is 4.87. The molecule has 0 aliphatic carbocycles. The van der Waals surface area contributed by atoms with E-state index in [0.29, 0.717) is 12.0 Å². The quantitative estimate of drug-likeness (QED) is 0.801. The van der Waals surface area contributed by atoms with Crippen molar-refractivity contribution >= 4 is 5.78 Å². The molecular weight excluding hydrogens is 214 g/mol. The molecule has 1 N–H and O–H groups in total. The summed E-state index contributed by atoms with van der Waals surface area (Å²) in [7, 11) is 0. The molecule has 0 radical (unpaired) electrons. The van der Waals surface area contributed by atoms with Crippen LogP contribution in [-0.2, 0) is 0 Å². The lowest BCUT2D eigenvalue weighted by Crippen LogP contribution is -2.23. The minimum atomic E-state index is 0.438. The van der Waals surface area contributed by atoms with Crippen LogP contribution in [0.15, 0.2) is 6.07 Å². The smallest absolute Gasteiger partial charge is 0.255 e. The van der Waals surface area contributed by atoms with Crippen LogP contribution < -0.4 is 5.32 Å². The average molecular weight is 231 g/mol. The number of aromatic nitrogens is 4. The van der Waals surface area contributed by atoms with Crippen molar-refractivity contribution in [1.82, 2.24) is 24.9 Å². The van der Waals surface area contributed by atoms with Crippen molar-refractivity contribution in [3.63, 3.8) is 0 Å². The summed E-state index contributed by atoms with van der Waals surface area (Å²) in [5, 5.41) is 12.0. The zero-order chi connectivity index (χ0) is 12.0. The summed E-state index contributed by atoms with van der Waals surface area (Å²) in [6.45, 7) is 7.33. The fraction of sp³-hybridized carbons (Fsp3) is 0.583. The molecule has 1 aliphatic rings. The summed E-state index contributed by atoms with van der Waals surface area (Å²) < 4.78 is 2.08. The van der Waals surface area contributed by atoms with E-state index in [9.17, 15) is 0 Å². The monoisotopic (exact) mass is 231 g/mol. The molecule has 17 heavy (non-hydrogen) atoms. The summed E-state index contributed by atoms with van der Waals surface area (Å²) in [6, 6.07) is 2.54. The first-order valence-corrected chi connectivity index (χ1v) is 6.09. The van der Waals surface area contributed by atoms with Crippen LogP contribution in [0, 0.1) is 13.8 Å². The Bertz CT molecular complexity index is 559. The Kier molecular flexibility index (Phi) is 2.36. The fourth-order valence-electron chi connectivity index (χ4n) is 2.71. The van der Waals surface area contributed by atoms with Crippen molar-refractivity contribution in [3.8, 4) is 0 Å². The van der Waals surface area contributed by atoms with Gasteiger partial charge in [0.1, 0.15) is 5.82 Å². The summed E-state index contributed by atoms with van der Waals surface area (Å²) in [6.07, 6.45) is 1.12. The molecule has 2 aromatic heterocycles. The highest BCUT2D eigenvalue weighted by Crippen LogP contribution is 2.26. The molecule has 3 rings (SSSR count). The minimum absolute atomic E-state index is 0.438. The Morgan fingerprint density at radius 2 is 2.18 bits per heavy atom. The molecule has 1 fully saturated rings. The molecule has 1 aliphatic heterocycles. The van der Waals surface area contributed by atoms with E-state index in [-0.39, 0.29) is 0 Å². The van der Waals surface area contributed by atoms with Gasteiger partial charge in [-0.3, -0.25) is 4.40 Å². The van der Waals surface area contributed by atoms with Crippen LogP contribution in [0.4, 0.5) is 0 Å². The number of fused-ring (bicyclic) bond motifs is 1. The number of hydrogen-bond acceptors (Lipinski definition) is 4. The first kappa shape index (κ1) is 10.7. The molecule has 3 heterocycles. The summed E-state index contributed by atoms with van der Waals surface area (Å²) >= 11 is 0. The highest BCUT2D eigenvalue weighted by molar-refractivity contribution is 5.33. The van der Waals surface area contributed by atoms with Gasteiger partial charge >= 0.3 is 0 Å². The highest BCUT2D eigenvalue weighted by atomic mass is 15.3.